The van der Waals surface area contributed by atoms with E-state index in [-0.39, 0.29) is 6.09 Å². The molecule has 0 radical (unpaired) electrons. The van der Waals surface area contributed by atoms with Crippen LogP contribution in [0.2, 0.25) is 0 Å². The van der Waals surface area contributed by atoms with Gasteiger partial charge in [0.2, 0.25) is 0 Å². The summed E-state index contributed by atoms with van der Waals surface area (Å²) in [7, 11) is 0. The van der Waals surface area contributed by atoms with Crippen LogP contribution in [0.3, 0.4) is 0 Å². The normalized spacial score (nSPS) is 12.0. The monoisotopic (exact) mass is 285 g/mol. The lowest BCUT2D eigenvalue weighted by molar-refractivity contribution is 0.0536. The van der Waals surface area contributed by atoms with E-state index < -0.39 is 5.60 Å². The average Bonchev–Trinajstić information content (AvgIpc) is 2.59. The molecule has 0 saturated heterocycles. The molecule has 0 bridgehead atoms. The lowest BCUT2D eigenvalue weighted by Crippen LogP contribution is -2.27. The first-order valence-electron chi connectivity index (χ1n) is 5.07. The summed E-state index contributed by atoms with van der Waals surface area (Å²) < 4.78 is 6.77. The smallest absolute Gasteiger partial charge is 0.418 e. The fraction of sp³-hybridized carbons (Fsp3) is 0.417. The van der Waals surface area contributed by atoms with Crippen LogP contribution in [-0.4, -0.2) is 21.6 Å². The number of carbonyl (C=O) groups is 1. The molecule has 0 spiro atoms. The topological polar surface area (TPSA) is 31.2 Å². The van der Waals surface area contributed by atoms with Crippen LogP contribution in [0.5, 0.6) is 0 Å². The zero-order valence-electron chi connectivity index (χ0n) is 9.74. The fourth-order valence-electron chi connectivity index (χ4n) is 1.17. The molecule has 3 nitrogen and oxygen atoms in total. The highest BCUT2D eigenvalue weighted by molar-refractivity contribution is 9.09. The van der Waals surface area contributed by atoms with Crippen molar-refractivity contribution >= 4 is 28.1 Å². The van der Waals surface area contributed by atoms with Crippen LogP contribution in [-0.2, 0) is 4.74 Å². The van der Waals surface area contributed by atoms with E-state index in [0.29, 0.717) is 0 Å². The summed E-state index contributed by atoms with van der Waals surface area (Å²) in [6, 6.07) is 3.68. The highest BCUT2D eigenvalue weighted by Crippen LogP contribution is 2.12. The van der Waals surface area contributed by atoms with Gasteiger partial charge in [0, 0.05) is 11.5 Å². The van der Waals surface area contributed by atoms with Crippen LogP contribution in [0.15, 0.2) is 24.4 Å². The van der Waals surface area contributed by atoms with Gasteiger partial charge in [-0.2, -0.15) is 0 Å². The van der Waals surface area contributed by atoms with Crippen LogP contribution in [0.4, 0.5) is 4.79 Å². The third kappa shape index (κ3) is 3.85. The second-order valence-electron chi connectivity index (χ2n) is 4.34. The van der Waals surface area contributed by atoms with E-state index in [9.17, 15) is 4.79 Å². The van der Waals surface area contributed by atoms with E-state index in [1.807, 2.05) is 45.1 Å². The molecule has 0 aliphatic heterocycles. The molecule has 0 amide bonds. The third-order valence-corrected chi connectivity index (χ3v) is 2.12. The molecule has 0 saturated carbocycles. The van der Waals surface area contributed by atoms with Crippen molar-refractivity contribution < 1.29 is 9.53 Å². The second-order valence-corrected chi connectivity index (χ2v) is 4.99. The van der Waals surface area contributed by atoms with Gasteiger partial charge < -0.3 is 4.74 Å². The maximum Gasteiger partial charge on any atom is 0.418 e. The van der Waals surface area contributed by atoms with Crippen LogP contribution in [0, 0.1) is 0 Å². The molecule has 0 fully saturated rings. The maximum atomic E-state index is 11.8. The Morgan fingerprint density at radius 2 is 2.25 bits per heavy atom. The number of nitrogens with zero attached hydrogens (tertiary/aromatic N) is 1. The van der Waals surface area contributed by atoms with Crippen molar-refractivity contribution in [2.45, 2.75) is 26.4 Å². The van der Waals surface area contributed by atoms with E-state index in [1.165, 1.54) is 4.57 Å². The minimum atomic E-state index is -0.474. The molecule has 0 atom stereocenters. The Balaban J connectivity index is 2.84. The van der Waals surface area contributed by atoms with Gasteiger partial charge in [-0.25, -0.2) is 4.79 Å². The Morgan fingerprint density at radius 1 is 1.56 bits per heavy atom. The van der Waals surface area contributed by atoms with Gasteiger partial charge in [-0.15, -0.1) is 0 Å². The van der Waals surface area contributed by atoms with Gasteiger partial charge >= 0.3 is 6.09 Å². The predicted octanol–water partition coefficient (Wildman–Crippen LogP) is 3.68. The molecule has 88 valence electrons. The van der Waals surface area contributed by atoms with Gasteiger partial charge in [0.25, 0.3) is 0 Å². The number of halogens is 1. The van der Waals surface area contributed by atoms with E-state index >= 15 is 0 Å². The lowest BCUT2D eigenvalue weighted by atomic mass is 10.2. The van der Waals surface area contributed by atoms with Crippen molar-refractivity contribution in [1.82, 2.24) is 4.57 Å². The summed E-state index contributed by atoms with van der Waals surface area (Å²) in [6.45, 7) is 5.55. The predicted molar refractivity (Wildman–Crippen MR) is 68.9 cm³/mol. The summed E-state index contributed by atoms with van der Waals surface area (Å²) in [6.07, 6.45) is 5.14. The van der Waals surface area contributed by atoms with Crippen LogP contribution in [0.25, 0.3) is 6.08 Å². The SMILES string of the molecule is CC(C)(C)OC(=O)n1cccc1C=CCBr. The van der Waals surface area contributed by atoms with Crippen molar-refractivity contribution in [2.24, 2.45) is 0 Å². The minimum Gasteiger partial charge on any atom is -0.443 e. The molecular formula is C12H16BrNO2. The highest BCUT2D eigenvalue weighted by Gasteiger charge is 2.18. The van der Waals surface area contributed by atoms with E-state index in [2.05, 4.69) is 15.9 Å². The van der Waals surface area contributed by atoms with Crippen molar-refractivity contribution in [1.29, 1.82) is 0 Å². The molecule has 0 aromatic carbocycles. The zero-order valence-corrected chi connectivity index (χ0v) is 11.3. The molecule has 0 aliphatic carbocycles. The third-order valence-electron chi connectivity index (χ3n) is 1.75. The first-order valence-corrected chi connectivity index (χ1v) is 6.19. The number of aromatic nitrogens is 1. The molecule has 1 aromatic rings. The number of alkyl halides is 1. The van der Waals surface area contributed by atoms with Gasteiger partial charge in [0.05, 0.1) is 5.69 Å². The zero-order chi connectivity index (χ0) is 12.2. The summed E-state index contributed by atoms with van der Waals surface area (Å²) in [5.74, 6) is 0. The van der Waals surface area contributed by atoms with Gasteiger partial charge in [-0.05, 0) is 39.0 Å². The molecule has 16 heavy (non-hydrogen) atoms. The number of ether oxygens (including phenoxy) is 1. The quantitative estimate of drug-likeness (QED) is 0.777. The molecular weight excluding hydrogens is 270 g/mol. The van der Waals surface area contributed by atoms with Gasteiger partial charge in [0.15, 0.2) is 0 Å². The Morgan fingerprint density at radius 3 is 2.81 bits per heavy atom. The fourth-order valence-corrected chi connectivity index (χ4v) is 1.36. The number of allylic oxidation sites excluding steroid dienone is 1. The van der Waals surface area contributed by atoms with Crippen LogP contribution in [0.1, 0.15) is 26.5 Å². The van der Waals surface area contributed by atoms with Gasteiger partial charge in [-0.3, -0.25) is 4.57 Å². The van der Waals surface area contributed by atoms with Crippen molar-refractivity contribution in [3.63, 3.8) is 0 Å². The maximum absolute atomic E-state index is 11.8. The second kappa shape index (κ2) is 5.34. The summed E-state index contributed by atoms with van der Waals surface area (Å²) >= 11 is 3.29. The van der Waals surface area contributed by atoms with E-state index in [1.54, 1.807) is 6.20 Å². The largest absolute Gasteiger partial charge is 0.443 e. The van der Waals surface area contributed by atoms with Crippen molar-refractivity contribution in [3.8, 4) is 0 Å². The summed E-state index contributed by atoms with van der Waals surface area (Å²) in [4.78, 5) is 11.8. The Kier molecular flexibility index (Phi) is 4.35. The molecule has 1 aromatic heterocycles. The lowest BCUT2D eigenvalue weighted by Gasteiger charge is -2.20. The van der Waals surface area contributed by atoms with Crippen molar-refractivity contribution in [2.75, 3.05) is 5.33 Å². The summed E-state index contributed by atoms with van der Waals surface area (Å²) in [5.41, 5.74) is 0.339. The van der Waals surface area contributed by atoms with Crippen LogP contribution < -0.4 is 0 Å². The molecule has 1 heterocycles. The Bertz CT molecular complexity index is 388. The molecule has 1 rings (SSSR count). The number of carbonyl (C=O) groups excluding carboxylic acids is 1. The number of hydrogen-bond acceptors (Lipinski definition) is 2. The van der Waals surface area contributed by atoms with Crippen molar-refractivity contribution in [3.05, 3.63) is 30.1 Å². The molecule has 4 heteroatoms. The Hall–Kier alpha value is -1.03. The Labute approximate surface area is 104 Å². The van der Waals surface area contributed by atoms with E-state index in [4.69, 9.17) is 4.74 Å². The standard InChI is InChI=1S/C12H16BrNO2/c1-12(2,3)16-11(15)14-9-5-7-10(14)6-4-8-13/h4-7,9H,8H2,1-3H3. The molecule has 0 N–H and O–H groups in total. The molecule has 0 unspecified atom stereocenters. The first-order chi connectivity index (χ1) is 7.44. The molecule has 0 aliphatic rings. The van der Waals surface area contributed by atoms with Gasteiger partial charge in [-0.1, -0.05) is 22.0 Å². The average molecular weight is 286 g/mol. The number of rotatable bonds is 2. The minimum absolute atomic E-state index is 0.355. The van der Waals surface area contributed by atoms with Gasteiger partial charge in [0.1, 0.15) is 5.60 Å². The van der Waals surface area contributed by atoms with Crippen LogP contribution >= 0.6 is 15.9 Å². The van der Waals surface area contributed by atoms with E-state index in [0.717, 1.165) is 11.0 Å². The number of hydrogen-bond donors (Lipinski definition) is 0. The summed E-state index contributed by atoms with van der Waals surface area (Å²) in [5, 5.41) is 0.756. The first kappa shape index (κ1) is 13.0. The highest BCUT2D eigenvalue weighted by atomic mass is 79.9.